The van der Waals surface area contributed by atoms with Gasteiger partial charge in [-0.25, -0.2) is 4.79 Å². The number of amides is 3. The van der Waals surface area contributed by atoms with Crippen LogP contribution in [0.3, 0.4) is 0 Å². The highest BCUT2D eigenvalue weighted by atomic mass is 32.1. The van der Waals surface area contributed by atoms with Crippen LogP contribution in [0.5, 0.6) is 0 Å². The standard InChI is InChI=1S/C18H27N3O2S/c1-14-7-12-24-16(14)13-19-18(23)21-10-8-20(9-11-21)17(22)15-5-3-2-4-6-15/h7,12,15H,2-6,8-11,13H2,1H3,(H,19,23). The fourth-order valence-electron chi connectivity index (χ4n) is 3.59. The van der Waals surface area contributed by atoms with Gasteiger partial charge in [0.25, 0.3) is 0 Å². The van der Waals surface area contributed by atoms with Gasteiger partial charge in [-0.3, -0.25) is 4.79 Å². The number of carbonyl (C=O) groups is 2. The molecule has 0 radical (unpaired) electrons. The number of nitrogens with one attached hydrogen (secondary N) is 1. The minimum atomic E-state index is -0.0208. The highest BCUT2D eigenvalue weighted by Crippen LogP contribution is 2.25. The van der Waals surface area contributed by atoms with Crippen molar-refractivity contribution < 1.29 is 9.59 Å². The molecule has 1 saturated heterocycles. The summed E-state index contributed by atoms with van der Waals surface area (Å²) in [6, 6.07) is 2.05. The van der Waals surface area contributed by atoms with Gasteiger partial charge in [0.15, 0.2) is 0 Å². The maximum absolute atomic E-state index is 12.6. The van der Waals surface area contributed by atoms with E-state index >= 15 is 0 Å². The van der Waals surface area contributed by atoms with Crippen LogP contribution in [0.1, 0.15) is 42.5 Å². The number of aryl methyl sites for hydroxylation is 1. The second-order valence-corrected chi connectivity index (χ2v) is 7.83. The Hall–Kier alpha value is -1.56. The highest BCUT2D eigenvalue weighted by molar-refractivity contribution is 7.10. The first-order valence-electron chi connectivity index (χ1n) is 8.99. The molecule has 2 aliphatic rings. The van der Waals surface area contributed by atoms with Gasteiger partial charge >= 0.3 is 6.03 Å². The first-order chi connectivity index (χ1) is 11.6. The molecule has 1 saturated carbocycles. The molecule has 0 aromatic carbocycles. The number of hydrogen-bond donors (Lipinski definition) is 1. The topological polar surface area (TPSA) is 52.7 Å². The van der Waals surface area contributed by atoms with Crippen LogP contribution >= 0.6 is 11.3 Å². The molecular formula is C18H27N3O2S. The van der Waals surface area contributed by atoms with Gasteiger partial charge in [-0.05, 0) is 36.8 Å². The third-order valence-electron chi connectivity index (χ3n) is 5.20. The monoisotopic (exact) mass is 349 g/mol. The van der Waals surface area contributed by atoms with Crippen molar-refractivity contribution in [2.75, 3.05) is 26.2 Å². The smallest absolute Gasteiger partial charge is 0.317 e. The Bertz CT molecular complexity index is 573. The fourth-order valence-corrected chi connectivity index (χ4v) is 4.44. The first kappa shape index (κ1) is 17.3. The zero-order valence-corrected chi connectivity index (χ0v) is 15.2. The molecule has 3 rings (SSSR count). The number of thiophene rings is 1. The molecule has 2 fully saturated rings. The summed E-state index contributed by atoms with van der Waals surface area (Å²) in [5, 5.41) is 5.05. The van der Waals surface area contributed by atoms with Crippen LogP contribution in [-0.2, 0) is 11.3 Å². The summed E-state index contributed by atoms with van der Waals surface area (Å²) in [5.74, 6) is 0.532. The molecule has 1 aromatic heterocycles. The van der Waals surface area contributed by atoms with Gasteiger partial charge < -0.3 is 15.1 Å². The summed E-state index contributed by atoms with van der Waals surface area (Å²) in [6.07, 6.45) is 5.71. The predicted octanol–water partition coefficient (Wildman–Crippen LogP) is 2.99. The van der Waals surface area contributed by atoms with Gasteiger partial charge in [-0.2, -0.15) is 0 Å². The molecule has 0 bridgehead atoms. The molecule has 24 heavy (non-hydrogen) atoms. The van der Waals surface area contributed by atoms with Crippen molar-refractivity contribution in [1.29, 1.82) is 0 Å². The molecule has 0 unspecified atom stereocenters. The Morgan fingerprint density at radius 1 is 1.12 bits per heavy atom. The van der Waals surface area contributed by atoms with Crippen LogP contribution in [0, 0.1) is 12.8 Å². The molecule has 1 N–H and O–H groups in total. The number of carbonyl (C=O) groups excluding carboxylic acids is 2. The zero-order valence-electron chi connectivity index (χ0n) is 14.4. The minimum Gasteiger partial charge on any atom is -0.339 e. The lowest BCUT2D eigenvalue weighted by Gasteiger charge is -2.37. The average Bonchev–Trinajstić information content (AvgIpc) is 3.05. The lowest BCUT2D eigenvalue weighted by Crippen LogP contribution is -2.54. The number of piperazine rings is 1. The summed E-state index contributed by atoms with van der Waals surface area (Å²) >= 11 is 1.67. The maximum Gasteiger partial charge on any atom is 0.317 e. The van der Waals surface area contributed by atoms with E-state index in [0.717, 1.165) is 12.8 Å². The van der Waals surface area contributed by atoms with Crippen molar-refractivity contribution in [3.63, 3.8) is 0 Å². The predicted molar refractivity (Wildman–Crippen MR) is 96.0 cm³/mol. The Labute approximate surface area is 148 Å². The van der Waals surface area contributed by atoms with Crippen LogP contribution in [0.25, 0.3) is 0 Å². The molecule has 1 aliphatic carbocycles. The van der Waals surface area contributed by atoms with E-state index in [4.69, 9.17) is 0 Å². The molecule has 0 spiro atoms. The van der Waals surface area contributed by atoms with Crippen molar-refractivity contribution in [2.45, 2.75) is 45.6 Å². The van der Waals surface area contributed by atoms with E-state index in [0.29, 0.717) is 38.6 Å². The Morgan fingerprint density at radius 3 is 2.42 bits per heavy atom. The number of urea groups is 1. The molecule has 1 aromatic rings. The van der Waals surface area contributed by atoms with E-state index in [1.54, 1.807) is 11.3 Å². The van der Waals surface area contributed by atoms with E-state index in [1.165, 1.54) is 29.7 Å². The second-order valence-electron chi connectivity index (χ2n) is 6.83. The molecule has 6 heteroatoms. The SMILES string of the molecule is Cc1ccsc1CNC(=O)N1CCN(C(=O)C2CCCCC2)CC1. The van der Waals surface area contributed by atoms with Crippen molar-refractivity contribution in [2.24, 2.45) is 5.92 Å². The third-order valence-corrected chi connectivity index (χ3v) is 6.22. The Kier molecular flexibility index (Phi) is 5.76. The summed E-state index contributed by atoms with van der Waals surface area (Å²) < 4.78 is 0. The van der Waals surface area contributed by atoms with Gasteiger partial charge in [0.2, 0.25) is 5.91 Å². The van der Waals surface area contributed by atoms with Crippen LogP contribution in [0.2, 0.25) is 0 Å². The largest absolute Gasteiger partial charge is 0.339 e. The molecule has 132 valence electrons. The van der Waals surface area contributed by atoms with Crippen LogP contribution in [-0.4, -0.2) is 47.9 Å². The summed E-state index contributed by atoms with van der Waals surface area (Å²) in [4.78, 5) is 29.8. The van der Waals surface area contributed by atoms with E-state index in [-0.39, 0.29) is 11.9 Å². The minimum absolute atomic E-state index is 0.0208. The van der Waals surface area contributed by atoms with Crippen LogP contribution in [0.15, 0.2) is 11.4 Å². The molecule has 5 nitrogen and oxygen atoms in total. The van der Waals surface area contributed by atoms with Crippen LogP contribution in [0.4, 0.5) is 4.79 Å². The average molecular weight is 350 g/mol. The molecule has 0 atom stereocenters. The molecular weight excluding hydrogens is 322 g/mol. The van der Waals surface area contributed by atoms with Gasteiger partial charge in [0, 0.05) is 37.0 Å². The third kappa shape index (κ3) is 4.09. The molecule has 1 aliphatic heterocycles. The van der Waals surface area contributed by atoms with Crippen molar-refractivity contribution in [3.8, 4) is 0 Å². The summed E-state index contributed by atoms with van der Waals surface area (Å²) in [7, 11) is 0. The van der Waals surface area contributed by atoms with E-state index < -0.39 is 0 Å². The highest BCUT2D eigenvalue weighted by Gasteiger charge is 2.29. The van der Waals surface area contributed by atoms with Gasteiger partial charge in [0.1, 0.15) is 0 Å². The van der Waals surface area contributed by atoms with Gasteiger partial charge in [-0.15, -0.1) is 11.3 Å². The van der Waals surface area contributed by atoms with Gasteiger partial charge in [0.05, 0.1) is 6.54 Å². The maximum atomic E-state index is 12.6. The number of nitrogens with zero attached hydrogens (tertiary/aromatic N) is 2. The quantitative estimate of drug-likeness (QED) is 0.912. The fraction of sp³-hybridized carbons (Fsp3) is 0.667. The van der Waals surface area contributed by atoms with Gasteiger partial charge in [-0.1, -0.05) is 19.3 Å². The number of rotatable bonds is 3. The molecule has 3 amide bonds. The van der Waals surface area contributed by atoms with E-state index in [1.807, 2.05) is 15.2 Å². The van der Waals surface area contributed by atoms with Crippen molar-refractivity contribution in [3.05, 3.63) is 21.9 Å². The van der Waals surface area contributed by atoms with Crippen molar-refractivity contribution in [1.82, 2.24) is 15.1 Å². The summed E-state index contributed by atoms with van der Waals surface area (Å²) in [6.45, 7) is 5.25. The lowest BCUT2D eigenvalue weighted by molar-refractivity contribution is -0.138. The zero-order chi connectivity index (χ0) is 16.9. The van der Waals surface area contributed by atoms with Crippen molar-refractivity contribution >= 4 is 23.3 Å². The Morgan fingerprint density at radius 2 is 1.79 bits per heavy atom. The second kappa shape index (κ2) is 8.01. The summed E-state index contributed by atoms with van der Waals surface area (Å²) in [5.41, 5.74) is 1.23. The lowest BCUT2D eigenvalue weighted by atomic mass is 9.88. The molecule has 2 heterocycles. The number of hydrogen-bond acceptors (Lipinski definition) is 3. The Balaban J connectivity index is 1.43. The van der Waals surface area contributed by atoms with Crippen LogP contribution < -0.4 is 5.32 Å². The first-order valence-corrected chi connectivity index (χ1v) is 9.87. The normalized spacial score (nSPS) is 19.4. The van der Waals surface area contributed by atoms with E-state index in [2.05, 4.69) is 18.3 Å². The van der Waals surface area contributed by atoms with E-state index in [9.17, 15) is 9.59 Å².